The molecule has 0 aromatic heterocycles. The molecule has 1 heterocycles. The molecular weight excluding hydrogens is 474 g/mol. The number of nitrogens with one attached hydrogen (secondary N) is 1. The molecule has 1 N–H and O–H groups in total. The van der Waals surface area contributed by atoms with Crippen LogP contribution in [-0.2, 0) is 19.6 Å². The number of benzene rings is 4. The Morgan fingerprint density at radius 3 is 1.97 bits per heavy atom. The number of fused-ring (bicyclic) bond motifs is 1. The van der Waals surface area contributed by atoms with E-state index in [2.05, 4.69) is 53.9 Å². The van der Waals surface area contributed by atoms with E-state index in [1.54, 1.807) is 14.2 Å². The minimum absolute atomic E-state index is 0.0617. The third-order valence-corrected chi connectivity index (χ3v) is 6.66. The molecule has 1 unspecified atom stereocenters. The van der Waals surface area contributed by atoms with Crippen LogP contribution in [0.15, 0.2) is 97.1 Å². The monoisotopic (exact) mass is 507 g/mol. The Bertz CT molecular complexity index is 1370. The average molecular weight is 508 g/mol. The van der Waals surface area contributed by atoms with Crippen LogP contribution in [0.4, 0.5) is 0 Å². The maximum absolute atomic E-state index is 6.15. The molecule has 1 aliphatic rings. The fraction of sp³-hybridized carbons (Fsp3) is 0.212. The normalized spacial score (nSPS) is 14.6. The minimum atomic E-state index is 0.0617. The Morgan fingerprint density at radius 1 is 0.711 bits per heavy atom. The van der Waals surface area contributed by atoms with E-state index in [4.69, 9.17) is 18.9 Å². The van der Waals surface area contributed by atoms with Gasteiger partial charge in [-0.25, -0.2) is 0 Å². The van der Waals surface area contributed by atoms with Crippen molar-refractivity contribution >= 4 is 6.08 Å². The van der Waals surface area contributed by atoms with Crippen LogP contribution in [0.1, 0.15) is 33.9 Å². The summed E-state index contributed by atoms with van der Waals surface area (Å²) in [5.74, 6) is 2.95. The second kappa shape index (κ2) is 12.3. The lowest BCUT2D eigenvalue weighted by Gasteiger charge is -2.26. The van der Waals surface area contributed by atoms with Crippen molar-refractivity contribution in [2.45, 2.75) is 25.7 Å². The summed E-state index contributed by atoms with van der Waals surface area (Å²) in [7, 11) is 3.35. The van der Waals surface area contributed by atoms with Crippen molar-refractivity contribution in [1.82, 2.24) is 5.32 Å². The van der Waals surface area contributed by atoms with Gasteiger partial charge in [0.15, 0.2) is 23.0 Å². The number of methoxy groups -OCH3 is 2. The molecule has 0 saturated carbocycles. The zero-order valence-electron chi connectivity index (χ0n) is 21.9. The molecule has 4 aromatic rings. The van der Waals surface area contributed by atoms with E-state index in [1.807, 2.05) is 54.6 Å². The molecule has 0 bridgehead atoms. The molecule has 0 amide bonds. The Balaban J connectivity index is 1.33. The predicted molar refractivity (Wildman–Crippen MR) is 151 cm³/mol. The second-order valence-electron chi connectivity index (χ2n) is 9.20. The smallest absolute Gasteiger partial charge is 0.162 e. The fourth-order valence-electron chi connectivity index (χ4n) is 4.63. The first-order valence-electron chi connectivity index (χ1n) is 12.9. The average Bonchev–Trinajstić information content (AvgIpc) is 2.98. The molecule has 5 heteroatoms. The molecular formula is C33H33NO4. The molecule has 0 aliphatic carbocycles. The van der Waals surface area contributed by atoms with E-state index in [-0.39, 0.29) is 6.04 Å². The van der Waals surface area contributed by atoms with Crippen molar-refractivity contribution in [2.24, 2.45) is 0 Å². The Hall–Kier alpha value is -4.22. The fourth-order valence-corrected chi connectivity index (χ4v) is 4.63. The molecule has 1 aliphatic heterocycles. The van der Waals surface area contributed by atoms with Gasteiger partial charge in [0.25, 0.3) is 0 Å². The standard InChI is InChI=1S/C33H33NO4/c1-35-30-16-14-24(19-32(30)37-22-25-9-5-3-6-10-25)13-15-29-28-21-31(36-2)33(20-27(28)17-18-34-29)38-23-26-11-7-4-8-12-26/h3-16,19-21,29,34H,17-18,22-23H2,1-2H3. The van der Waals surface area contributed by atoms with E-state index in [0.29, 0.717) is 19.0 Å². The molecule has 4 aromatic carbocycles. The number of hydrogen-bond acceptors (Lipinski definition) is 5. The maximum Gasteiger partial charge on any atom is 0.162 e. The largest absolute Gasteiger partial charge is 0.493 e. The van der Waals surface area contributed by atoms with Gasteiger partial charge >= 0.3 is 0 Å². The lowest BCUT2D eigenvalue weighted by atomic mass is 9.93. The van der Waals surface area contributed by atoms with Gasteiger partial charge in [-0.3, -0.25) is 0 Å². The predicted octanol–water partition coefficient (Wildman–Crippen LogP) is 6.76. The zero-order chi connectivity index (χ0) is 26.2. The summed E-state index contributed by atoms with van der Waals surface area (Å²) >= 11 is 0. The van der Waals surface area contributed by atoms with Crippen molar-refractivity contribution in [3.8, 4) is 23.0 Å². The van der Waals surface area contributed by atoms with E-state index < -0.39 is 0 Å². The van der Waals surface area contributed by atoms with Crippen LogP contribution in [0.5, 0.6) is 23.0 Å². The Labute approximate surface area is 224 Å². The van der Waals surface area contributed by atoms with Crippen molar-refractivity contribution in [2.75, 3.05) is 20.8 Å². The van der Waals surface area contributed by atoms with Gasteiger partial charge in [-0.05, 0) is 58.5 Å². The van der Waals surface area contributed by atoms with E-state index >= 15 is 0 Å². The molecule has 0 spiro atoms. The van der Waals surface area contributed by atoms with Crippen LogP contribution in [0.3, 0.4) is 0 Å². The van der Waals surface area contributed by atoms with Crippen molar-refractivity contribution in [1.29, 1.82) is 0 Å². The summed E-state index contributed by atoms with van der Waals surface area (Å²) < 4.78 is 23.5. The molecule has 38 heavy (non-hydrogen) atoms. The van der Waals surface area contributed by atoms with Gasteiger partial charge in [-0.1, -0.05) is 78.9 Å². The topological polar surface area (TPSA) is 49.0 Å². The second-order valence-corrected chi connectivity index (χ2v) is 9.20. The van der Waals surface area contributed by atoms with Gasteiger partial charge in [-0.15, -0.1) is 0 Å². The first kappa shape index (κ1) is 25.4. The molecule has 0 saturated heterocycles. The van der Waals surface area contributed by atoms with E-state index in [1.165, 1.54) is 11.1 Å². The highest BCUT2D eigenvalue weighted by Gasteiger charge is 2.21. The van der Waals surface area contributed by atoms with Crippen LogP contribution < -0.4 is 24.3 Å². The van der Waals surface area contributed by atoms with Crippen molar-refractivity contribution in [3.05, 3.63) is 125 Å². The van der Waals surface area contributed by atoms with Gasteiger partial charge in [0.05, 0.1) is 20.3 Å². The molecule has 1 atom stereocenters. The van der Waals surface area contributed by atoms with Crippen LogP contribution in [0, 0.1) is 0 Å². The van der Waals surface area contributed by atoms with Gasteiger partial charge in [-0.2, -0.15) is 0 Å². The third-order valence-electron chi connectivity index (χ3n) is 6.66. The van der Waals surface area contributed by atoms with Crippen LogP contribution in [0.2, 0.25) is 0 Å². The summed E-state index contributed by atoms with van der Waals surface area (Å²) in [5, 5.41) is 3.62. The molecule has 5 nitrogen and oxygen atoms in total. The molecule has 0 radical (unpaired) electrons. The highest BCUT2D eigenvalue weighted by molar-refractivity contribution is 5.58. The van der Waals surface area contributed by atoms with Gasteiger partial charge in [0.2, 0.25) is 0 Å². The molecule has 0 fully saturated rings. The lowest BCUT2D eigenvalue weighted by Crippen LogP contribution is -2.28. The Kier molecular flexibility index (Phi) is 8.26. The lowest BCUT2D eigenvalue weighted by molar-refractivity contribution is 0.283. The van der Waals surface area contributed by atoms with Gasteiger partial charge < -0.3 is 24.3 Å². The van der Waals surface area contributed by atoms with Crippen LogP contribution >= 0.6 is 0 Å². The number of ether oxygens (including phenoxy) is 4. The van der Waals surface area contributed by atoms with Crippen molar-refractivity contribution in [3.63, 3.8) is 0 Å². The Morgan fingerprint density at radius 2 is 1.34 bits per heavy atom. The quantitative estimate of drug-likeness (QED) is 0.257. The summed E-state index contributed by atoms with van der Waals surface area (Å²) in [6.07, 6.45) is 5.24. The summed E-state index contributed by atoms with van der Waals surface area (Å²) in [6.45, 7) is 1.88. The highest BCUT2D eigenvalue weighted by atomic mass is 16.5. The summed E-state index contributed by atoms with van der Waals surface area (Å²) in [4.78, 5) is 0. The number of hydrogen-bond donors (Lipinski definition) is 1. The third kappa shape index (κ3) is 6.18. The van der Waals surface area contributed by atoms with Crippen molar-refractivity contribution < 1.29 is 18.9 Å². The van der Waals surface area contributed by atoms with Gasteiger partial charge in [0, 0.05) is 6.54 Å². The summed E-state index contributed by atoms with van der Waals surface area (Å²) in [6, 6.07) is 30.6. The molecule has 194 valence electrons. The SMILES string of the molecule is COc1ccc(C=CC2NCCc3cc(OCc4ccccc4)c(OC)cc32)cc1OCc1ccccc1. The van der Waals surface area contributed by atoms with Gasteiger partial charge in [0.1, 0.15) is 13.2 Å². The van der Waals surface area contributed by atoms with Crippen LogP contribution in [0.25, 0.3) is 6.08 Å². The van der Waals surface area contributed by atoms with E-state index in [0.717, 1.165) is 46.9 Å². The minimum Gasteiger partial charge on any atom is -0.493 e. The highest BCUT2D eigenvalue weighted by Crippen LogP contribution is 2.37. The number of rotatable bonds is 10. The first-order chi connectivity index (χ1) is 18.7. The summed E-state index contributed by atoms with van der Waals surface area (Å²) in [5.41, 5.74) is 5.74. The van der Waals surface area contributed by atoms with E-state index in [9.17, 15) is 0 Å². The maximum atomic E-state index is 6.15. The first-order valence-corrected chi connectivity index (χ1v) is 12.9. The molecule has 5 rings (SSSR count). The zero-order valence-corrected chi connectivity index (χ0v) is 21.9. The van der Waals surface area contributed by atoms with Crippen LogP contribution in [-0.4, -0.2) is 20.8 Å².